The van der Waals surface area contributed by atoms with E-state index in [4.69, 9.17) is 13.7 Å². The Balaban J connectivity index is 0.000000491. The summed E-state index contributed by atoms with van der Waals surface area (Å²) in [5.41, 5.74) is 5.40. The first-order valence-corrected chi connectivity index (χ1v) is 12.3. The molecule has 0 amide bonds. The smallest absolute Gasteiger partial charge is 0.261 e. The largest absolute Gasteiger partial charge is 0.496 e. The fourth-order valence-corrected chi connectivity index (χ4v) is 4.33. The second kappa shape index (κ2) is 10.3. The van der Waals surface area contributed by atoms with Crippen LogP contribution in [0.15, 0.2) is 53.1 Å². The van der Waals surface area contributed by atoms with Crippen LogP contribution in [0.25, 0.3) is 11.1 Å². The van der Waals surface area contributed by atoms with Crippen molar-refractivity contribution in [3.63, 3.8) is 0 Å². The molecule has 31 heavy (non-hydrogen) atoms. The second-order valence-corrected chi connectivity index (χ2v) is 9.57. The number of rotatable bonds is 6. The average Bonchev–Trinajstić information content (AvgIpc) is 3.20. The zero-order valence-electron chi connectivity index (χ0n) is 18.4. The van der Waals surface area contributed by atoms with Crippen LogP contribution >= 0.6 is 0 Å². The lowest BCUT2D eigenvalue weighted by molar-refractivity contribution is 0.291. The summed E-state index contributed by atoms with van der Waals surface area (Å²) < 4.78 is 37.2. The van der Waals surface area contributed by atoms with Gasteiger partial charge in [-0.2, -0.15) is 8.42 Å². The van der Waals surface area contributed by atoms with Gasteiger partial charge in [-0.15, -0.1) is 0 Å². The van der Waals surface area contributed by atoms with Crippen LogP contribution in [0.5, 0.6) is 5.75 Å². The van der Waals surface area contributed by atoms with Crippen molar-refractivity contribution >= 4 is 10.1 Å². The SMILES string of the molecule is COc1cccc2c1CCCC2CN(C)CCc1occc2cccc1-2.CS(=O)(=O)O. The fourth-order valence-electron chi connectivity index (χ4n) is 4.33. The third-order valence-electron chi connectivity index (χ3n) is 5.67. The van der Waals surface area contributed by atoms with Crippen molar-refractivity contribution in [3.05, 3.63) is 65.6 Å². The molecule has 0 radical (unpaired) electrons. The summed E-state index contributed by atoms with van der Waals surface area (Å²) in [7, 11) is 0.332. The van der Waals surface area contributed by atoms with Gasteiger partial charge in [-0.05, 0) is 61.1 Å². The molecule has 4 rings (SSSR count). The van der Waals surface area contributed by atoms with Crippen molar-refractivity contribution in [2.45, 2.75) is 31.6 Å². The zero-order valence-corrected chi connectivity index (χ0v) is 19.2. The molecule has 1 unspecified atom stereocenters. The highest BCUT2D eigenvalue weighted by molar-refractivity contribution is 7.85. The summed E-state index contributed by atoms with van der Waals surface area (Å²) in [6.45, 7) is 2.08. The number of hydrogen-bond donors (Lipinski definition) is 1. The number of fused-ring (bicyclic) bond motifs is 2. The van der Waals surface area contributed by atoms with Crippen LogP contribution in [0.4, 0.5) is 0 Å². The molecule has 1 N–H and O–H groups in total. The molecule has 0 spiro atoms. The maximum atomic E-state index is 9.19. The number of benzene rings is 1. The van der Waals surface area contributed by atoms with Gasteiger partial charge >= 0.3 is 0 Å². The quantitative estimate of drug-likeness (QED) is 0.563. The molecule has 1 aromatic rings. The van der Waals surface area contributed by atoms with E-state index in [1.807, 2.05) is 6.07 Å². The number of ether oxygens (including phenoxy) is 1. The number of methoxy groups -OCH3 is 1. The van der Waals surface area contributed by atoms with Crippen LogP contribution in [-0.2, 0) is 23.0 Å². The van der Waals surface area contributed by atoms with Crippen molar-refractivity contribution in [3.8, 4) is 16.9 Å². The highest BCUT2D eigenvalue weighted by atomic mass is 32.2. The summed E-state index contributed by atoms with van der Waals surface area (Å²) in [6.07, 6.45) is 7.10. The Morgan fingerprint density at radius 1 is 1.19 bits per heavy atom. The second-order valence-electron chi connectivity index (χ2n) is 8.10. The van der Waals surface area contributed by atoms with Crippen molar-refractivity contribution in [1.82, 2.24) is 4.90 Å². The van der Waals surface area contributed by atoms with Crippen LogP contribution in [-0.4, -0.2) is 51.4 Å². The van der Waals surface area contributed by atoms with Gasteiger partial charge in [0.15, 0.2) is 0 Å². The minimum atomic E-state index is -3.67. The minimum absolute atomic E-state index is 0.588. The molecule has 0 aromatic heterocycles. The normalized spacial score (nSPS) is 16.0. The monoisotopic (exact) mass is 445 g/mol. The highest BCUT2D eigenvalue weighted by Gasteiger charge is 2.24. The van der Waals surface area contributed by atoms with Gasteiger partial charge in [0.1, 0.15) is 11.5 Å². The number of hydrogen-bond acceptors (Lipinski definition) is 5. The van der Waals surface area contributed by atoms with Crippen molar-refractivity contribution in [1.29, 1.82) is 0 Å². The lowest BCUT2D eigenvalue weighted by atomic mass is 9.82. The van der Waals surface area contributed by atoms with E-state index in [-0.39, 0.29) is 0 Å². The van der Waals surface area contributed by atoms with Gasteiger partial charge in [-0.1, -0.05) is 30.3 Å². The first-order valence-electron chi connectivity index (χ1n) is 10.5. The average molecular weight is 446 g/mol. The lowest BCUT2D eigenvalue weighted by Crippen LogP contribution is -2.28. The Hall–Kier alpha value is -2.35. The summed E-state index contributed by atoms with van der Waals surface area (Å²) in [4.78, 5) is 2.44. The minimum Gasteiger partial charge on any atom is -0.496 e. The van der Waals surface area contributed by atoms with E-state index in [0.29, 0.717) is 12.2 Å². The summed E-state index contributed by atoms with van der Waals surface area (Å²) in [6, 6.07) is 14.9. The van der Waals surface area contributed by atoms with Crippen molar-refractivity contribution in [2.24, 2.45) is 0 Å². The molecular formula is C24H31NO5S. The number of nitrogens with zero attached hydrogens (tertiary/aromatic N) is 1. The van der Waals surface area contributed by atoms with E-state index in [9.17, 15) is 8.42 Å². The predicted molar refractivity (Wildman–Crippen MR) is 123 cm³/mol. The molecule has 3 aliphatic rings. The Kier molecular flexibility index (Phi) is 7.75. The fraction of sp³-hybridized carbons (Fsp3) is 0.417. The molecular weight excluding hydrogens is 414 g/mol. The Morgan fingerprint density at radius 3 is 2.68 bits per heavy atom. The molecule has 1 atom stereocenters. The first-order chi connectivity index (χ1) is 14.8. The standard InChI is InChI=1S/C23H27NO2.CH4O3S/c1-24(14-12-23-20-9-3-6-17(20)13-15-26-23)16-18-7-4-10-21-19(18)8-5-11-22(21)25-2;1-5(2,3)4/h3,5-6,8-9,11,13,15,18H,4,7,10,12,14,16H2,1-2H3;1H3,(H,2,3,4). The van der Waals surface area contributed by atoms with E-state index >= 15 is 0 Å². The molecule has 0 saturated heterocycles. The predicted octanol–water partition coefficient (Wildman–Crippen LogP) is 4.49. The third-order valence-corrected chi connectivity index (χ3v) is 5.67. The van der Waals surface area contributed by atoms with Gasteiger partial charge in [0.25, 0.3) is 10.1 Å². The van der Waals surface area contributed by atoms with Crippen LogP contribution in [0.3, 0.4) is 0 Å². The third kappa shape index (κ3) is 6.56. The molecule has 6 nitrogen and oxygen atoms in total. The molecule has 1 heterocycles. The van der Waals surface area contributed by atoms with Crippen LogP contribution < -0.4 is 4.74 Å². The van der Waals surface area contributed by atoms with Gasteiger partial charge in [-0.3, -0.25) is 4.55 Å². The molecule has 7 heteroatoms. The molecule has 168 valence electrons. The molecule has 0 saturated carbocycles. The van der Waals surface area contributed by atoms with Gasteiger partial charge < -0.3 is 14.1 Å². The zero-order chi connectivity index (χ0) is 22.4. The van der Waals surface area contributed by atoms with Crippen LogP contribution in [0.2, 0.25) is 0 Å². The molecule has 0 fully saturated rings. The van der Waals surface area contributed by atoms with E-state index in [0.717, 1.165) is 37.4 Å². The lowest BCUT2D eigenvalue weighted by Gasteiger charge is -2.30. The summed E-state index contributed by atoms with van der Waals surface area (Å²) in [5.74, 6) is 2.73. The number of likely N-dealkylation sites (N-methyl/N-ethyl adjacent to an activating group) is 1. The molecule has 1 aliphatic heterocycles. The van der Waals surface area contributed by atoms with Crippen LogP contribution in [0.1, 0.15) is 35.6 Å². The van der Waals surface area contributed by atoms with E-state index in [2.05, 4.69) is 48.3 Å². The van der Waals surface area contributed by atoms with E-state index in [1.165, 1.54) is 35.1 Å². The van der Waals surface area contributed by atoms with Gasteiger partial charge in [0, 0.05) is 25.1 Å². The first kappa shape index (κ1) is 23.3. The van der Waals surface area contributed by atoms with E-state index in [1.54, 1.807) is 13.4 Å². The summed E-state index contributed by atoms with van der Waals surface area (Å²) in [5, 5.41) is 0. The maximum absolute atomic E-state index is 9.19. The molecule has 1 aromatic carbocycles. The molecule has 0 bridgehead atoms. The van der Waals surface area contributed by atoms with Gasteiger partial charge in [0.2, 0.25) is 0 Å². The van der Waals surface area contributed by atoms with Crippen LogP contribution in [0, 0.1) is 0 Å². The molecule has 2 aliphatic carbocycles. The van der Waals surface area contributed by atoms with Crippen molar-refractivity contribution < 1.29 is 22.1 Å². The van der Waals surface area contributed by atoms with Gasteiger partial charge in [0.05, 0.1) is 19.6 Å². The Bertz CT molecular complexity index is 1050. The Morgan fingerprint density at radius 2 is 1.94 bits per heavy atom. The highest BCUT2D eigenvalue weighted by Crippen LogP contribution is 2.37. The Labute approximate surface area is 184 Å². The topological polar surface area (TPSA) is 80.0 Å². The maximum Gasteiger partial charge on any atom is 0.261 e. The summed E-state index contributed by atoms with van der Waals surface area (Å²) >= 11 is 0. The van der Waals surface area contributed by atoms with Crippen molar-refractivity contribution in [2.75, 3.05) is 33.5 Å². The van der Waals surface area contributed by atoms with E-state index < -0.39 is 10.1 Å². The van der Waals surface area contributed by atoms with Gasteiger partial charge in [-0.25, -0.2) is 0 Å².